The number of hydrogen-bond donors (Lipinski definition) is 2. The van der Waals surface area contributed by atoms with E-state index in [1.165, 1.54) is 18.3 Å². The maximum Gasteiger partial charge on any atom is 0.323 e. The largest absolute Gasteiger partial charge is 0.323 e. The fraction of sp³-hybridized carbons (Fsp3) is 0. The number of pyridine rings is 1. The van der Waals surface area contributed by atoms with E-state index in [2.05, 4.69) is 20.6 Å². The van der Waals surface area contributed by atoms with Crippen LogP contribution in [0.4, 0.5) is 20.6 Å². The van der Waals surface area contributed by atoms with Gasteiger partial charge in [0.1, 0.15) is 18.0 Å². The molecule has 6 nitrogen and oxygen atoms in total. The Morgan fingerprint density at radius 1 is 1.14 bits per heavy atom. The van der Waals surface area contributed by atoms with E-state index in [1.54, 1.807) is 47.6 Å². The second-order valence-corrected chi connectivity index (χ2v) is 4.43. The molecule has 3 rings (SSSR count). The van der Waals surface area contributed by atoms with Crippen molar-refractivity contribution in [3.05, 3.63) is 67.1 Å². The van der Waals surface area contributed by atoms with Crippen LogP contribution in [0.3, 0.4) is 0 Å². The summed E-state index contributed by atoms with van der Waals surface area (Å²) in [5.74, 6) is 0.184. The lowest BCUT2D eigenvalue weighted by molar-refractivity contribution is 0.262. The van der Waals surface area contributed by atoms with E-state index >= 15 is 0 Å². The first-order valence-corrected chi connectivity index (χ1v) is 6.49. The molecule has 22 heavy (non-hydrogen) atoms. The Balaban J connectivity index is 1.66. The lowest BCUT2D eigenvalue weighted by atomic mass is 10.3. The van der Waals surface area contributed by atoms with Crippen LogP contribution in [-0.2, 0) is 0 Å². The number of rotatable bonds is 3. The number of nitrogens with one attached hydrogen (secondary N) is 2. The fourth-order valence-electron chi connectivity index (χ4n) is 1.85. The molecule has 1 aromatic carbocycles. The minimum atomic E-state index is -0.540. The van der Waals surface area contributed by atoms with Gasteiger partial charge in [0.05, 0.1) is 17.6 Å². The number of benzene rings is 1. The second-order valence-electron chi connectivity index (χ2n) is 4.43. The van der Waals surface area contributed by atoms with E-state index in [4.69, 9.17) is 0 Å². The van der Waals surface area contributed by atoms with Gasteiger partial charge in [0.15, 0.2) is 0 Å². The van der Waals surface area contributed by atoms with Crippen molar-refractivity contribution < 1.29 is 9.18 Å². The predicted octanol–water partition coefficient (Wildman–Crippen LogP) is 3.05. The number of nitrogens with zero attached hydrogens (tertiary/aromatic N) is 3. The summed E-state index contributed by atoms with van der Waals surface area (Å²) in [6.07, 6.45) is 6.55. The summed E-state index contributed by atoms with van der Waals surface area (Å²) in [5.41, 5.74) is 0.612. The van der Waals surface area contributed by atoms with Crippen LogP contribution < -0.4 is 10.6 Å². The molecule has 0 unspecified atom stereocenters. The lowest BCUT2D eigenvalue weighted by Crippen LogP contribution is -2.20. The van der Waals surface area contributed by atoms with Gasteiger partial charge in [-0.3, -0.25) is 4.57 Å². The summed E-state index contributed by atoms with van der Waals surface area (Å²) in [6, 6.07) is 8.84. The number of amides is 2. The molecule has 2 amide bonds. The van der Waals surface area contributed by atoms with Gasteiger partial charge in [0.2, 0.25) is 0 Å². The van der Waals surface area contributed by atoms with E-state index in [-0.39, 0.29) is 5.69 Å². The molecule has 0 atom stereocenters. The summed E-state index contributed by atoms with van der Waals surface area (Å²) in [4.78, 5) is 20.0. The summed E-state index contributed by atoms with van der Waals surface area (Å²) >= 11 is 0. The van der Waals surface area contributed by atoms with Crippen LogP contribution in [0, 0.1) is 5.82 Å². The summed E-state index contributed by atoms with van der Waals surface area (Å²) in [5, 5.41) is 5.02. The lowest BCUT2D eigenvalue weighted by Gasteiger charge is -2.08. The normalized spacial score (nSPS) is 10.2. The molecule has 2 aromatic heterocycles. The Hall–Kier alpha value is -3.22. The van der Waals surface area contributed by atoms with E-state index in [0.717, 1.165) is 0 Å². The zero-order valence-electron chi connectivity index (χ0n) is 11.4. The Labute approximate surface area is 125 Å². The van der Waals surface area contributed by atoms with Crippen LogP contribution in [0.1, 0.15) is 0 Å². The number of aromatic nitrogens is 3. The smallest absolute Gasteiger partial charge is 0.306 e. The third-order valence-corrected chi connectivity index (χ3v) is 2.90. The van der Waals surface area contributed by atoms with Crippen molar-refractivity contribution in [1.82, 2.24) is 14.5 Å². The number of hydrogen-bond acceptors (Lipinski definition) is 3. The molecule has 0 aliphatic rings. The van der Waals surface area contributed by atoms with Crippen molar-refractivity contribution >= 4 is 17.4 Å². The highest BCUT2D eigenvalue weighted by Gasteiger charge is 2.06. The van der Waals surface area contributed by atoms with Crippen LogP contribution in [0.15, 0.2) is 61.3 Å². The molecule has 0 spiro atoms. The standard InChI is InChI=1S/C15H12FN5O/c16-12-3-1-2-4-13(12)20-15(22)19-11-5-6-14(18-9-11)21-8-7-17-10-21/h1-10H,(H2,19,20,22). The summed E-state index contributed by atoms with van der Waals surface area (Å²) in [7, 11) is 0. The van der Waals surface area contributed by atoms with Crippen LogP contribution in [0.2, 0.25) is 0 Å². The molecule has 7 heteroatoms. The maximum atomic E-state index is 13.4. The van der Waals surface area contributed by atoms with Crippen molar-refractivity contribution in [2.24, 2.45) is 0 Å². The highest BCUT2D eigenvalue weighted by atomic mass is 19.1. The minimum absolute atomic E-state index is 0.114. The van der Waals surface area contributed by atoms with Crippen molar-refractivity contribution in [2.45, 2.75) is 0 Å². The number of para-hydroxylation sites is 1. The molecule has 0 radical (unpaired) electrons. The molecule has 2 heterocycles. The first kappa shape index (κ1) is 13.7. The molecular weight excluding hydrogens is 285 g/mol. The van der Waals surface area contributed by atoms with Gasteiger partial charge in [-0.15, -0.1) is 0 Å². The fourth-order valence-corrected chi connectivity index (χ4v) is 1.85. The zero-order chi connectivity index (χ0) is 15.4. The van der Waals surface area contributed by atoms with Crippen LogP contribution in [-0.4, -0.2) is 20.6 Å². The molecule has 2 N–H and O–H groups in total. The van der Waals surface area contributed by atoms with E-state index in [0.29, 0.717) is 11.5 Å². The van der Waals surface area contributed by atoms with Crippen molar-refractivity contribution in [2.75, 3.05) is 10.6 Å². The Bertz CT molecular complexity index is 771. The third kappa shape index (κ3) is 3.09. The first-order chi connectivity index (χ1) is 10.7. The molecule has 3 aromatic rings. The molecule has 0 fully saturated rings. The molecule has 0 bridgehead atoms. The highest BCUT2D eigenvalue weighted by Crippen LogP contribution is 2.14. The topological polar surface area (TPSA) is 71.8 Å². The number of halogens is 1. The predicted molar refractivity (Wildman–Crippen MR) is 80.4 cm³/mol. The number of anilines is 2. The van der Waals surface area contributed by atoms with Crippen LogP contribution in [0.5, 0.6) is 0 Å². The molecule has 0 saturated carbocycles. The Morgan fingerprint density at radius 2 is 2.00 bits per heavy atom. The number of urea groups is 1. The second kappa shape index (κ2) is 6.04. The van der Waals surface area contributed by atoms with Crippen molar-refractivity contribution in [3.8, 4) is 5.82 Å². The van der Waals surface area contributed by atoms with Gasteiger partial charge in [0.25, 0.3) is 0 Å². The molecule has 0 aliphatic heterocycles. The minimum Gasteiger partial charge on any atom is -0.306 e. The van der Waals surface area contributed by atoms with Gasteiger partial charge in [-0.25, -0.2) is 19.2 Å². The van der Waals surface area contributed by atoms with Gasteiger partial charge >= 0.3 is 6.03 Å². The summed E-state index contributed by atoms with van der Waals surface area (Å²) < 4.78 is 15.2. The highest BCUT2D eigenvalue weighted by molar-refractivity contribution is 5.99. The Kier molecular flexibility index (Phi) is 3.78. The molecule has 0 saturated heterocycles. The quantitative estimate of drug-likeness (QED) is 0.780. The maximum absolute atomic E-state index is 13.4. The first-order valence-electron chi connectivity index (χ1n) is 6.49. The van der Waals surface area contributed by atoms with Gasteiger partial charge in [-0.05, 0) is 24.3 Å². The van der Waals surface area contributed by atoms with Gasteiger partial charge in [0, 0.05) is 12.4 Å². The molecule has 110 valence electrons. The monoisotopic (exact) mass is 297 g/mol. The van der Waals surface area contributed by atoms with Crippen LogP contribution >= 0.6 is 0 Å². The van der Waals surface area contributed by atoms with Crippen LogP contribution in [0.25, 0.3) is 5.82 Å². The average Bonchev–Trinajstić information content (AvgIpc) is 3.05. The van der Waals surface area contributed by atoms with Gasteiger partial charge in [-0.2, -0.15) is 0 Å². The average molecular weight is 297 g/mol. The van der Waals surface area contributed by atoms with E-state index < -0.39 is 11.8 Å². The van der Waals surface area contributed by atoms with E-state index in [9.17, 15) is 9.18 Å². The number of carbonyl (C=O) groups is 1. The van der Waals surface area contributed by atoms with Crippen molar-refractivity contribution in [1.29, 1.82) is 0 Å². The third-order valence-electron chi connectivity index (χ3n) is 2.90. The van der Waals surface area contributed by atoms with Gasteiger partial charge < -0.3 is 10.6 Å². The molecular formula is C15H12FN5O. The Morgan fingerprint density at radius 3 is 2.68 bits per heavy atom. The zero-order valence-corrected chi connectivity index (χ0v) is 11.4. The molecule has 0 aliphatic carbocycles. The SMILES string of the molecule is O=C(Nc1ccc(-n2ccnc2)nc1)Nc1ccccc1F. The number of imidazole rings is 1. The van der Waals surface area contributed by atoms with Crippen molar-refractivity contribution in [3.63, 3.8) is 0 Å². The van der Waals surface area contributed by atoms with Gasteiger partial charge in [-0.1, -0.05) is 12.1 Å². The van der Waals surface area contributed by atoms with E-state index in [1.807, 2.05) is 0 Å². The number of carbonyl (C=O) groups excluding carboxylic acids is 1. The summed E-state index contributed by atoms with van der Waals surface area (Å²) in [6.45, 7) is 0.